The molecule has 0 bridgehead atoms. The van der Waals surface area contributed by atoms with E-state index in [4.69, 9.17) is 9.52 Å². The molecule has 0 spiro atoms. The summed E-state index contributed by atoms with van der Waals surface area (Å²) in [6, 6.07) is 6.30. The van der Waals surface area contributed by atoms with Gasteiger partial charge >= 0.3 is 5.63 Å². The van der Waals surface area contributed by atoms with Crippen molar-refractivity contribution in [3.05, 3.63) is 45.3 Å². The molecule has 1 saturated heterocycles. The first-order valence-electron chi connectivity index (χ1n) is 8.48. The van der Waals surface area contributed by atoms with Crippen LogP contribution >= 0.6 is 0 Å². The lowest BCUT2D eigenvalue weighted by atomic mass is 10.0. The molecule has 0 saturated carbocycles. The minimum atomic E-state index is -0.271. The van der Waals surface area contributed by atoms with Crippen LogP contribution in [0.15, 0.2) is 27.4 Å². The lowest BCUT2D eigenvalue weighted by molar-refractivity contribution is 0.210. The summed E-state index contributed by atoms with van der Waals surface area (Å²) in [5, 5.41) is 10.1. The number of likely N-dealkylation sites (tertiary alicyclic amines) is 1. The van der Waals surface area contributed by atoms with E-state index in [1.54, 1.807) is 6.07 Å². The van der Waals surface area contributed by atoms with Crippen molar-refractivity contribution < 1.29 is 9.52 Å². The van der Waals surface area contributed by atoms with Crippen LogP contribution in [0.2, 0.25) is 0 Å². The summed E-state index contributed by atoms with van der Waals surface area (Å²) in [4.78, 5) is 14.4. The molecule has 23 heavy (non-hydrogen) atoms. The van der Waals surface area contributed by atoms with E-state index in [1.807, 2.05) is 13.8 Å². The molecule has 1 N–H and O–H groups in total. The Hall–Kier alpha value is -1.65. The Labute approximate surface area is 136 Å². The molecule has 1 aromatic carbocycles. The maximum Gasteiger partial charge on any atom is 0.336 e. The lowest BCUT2D eigenvalue weighted by Crippen LogP contribution is -2.29. The number of hydrogen-bond donors (Lipinski definition) is 1. The summed E-state index contributed by atoms with van der Waals surface area (Å²) >= 11 is 0. The van der Waals surface area contributed by atoms with Crippen LogP contribution in [0.1, 0.15) is 42.4 Å². The average Bonchev–Trinajstić information content (AvgIpc) is 2.96. The molecule has 1 aromatic heterocycles. The van der Waals surface area contributed by atoms with E-state index >= 15 is 0 Å². The fourth-order valence-electron chi connectivity index (χ4n) is 3.63. The van der Waals surface area contributed by atoms with Crippen molar-refractivity contribution in [2.24, 2.45) is 0 Å². The highest BCUT2D eigenvalue weighted by Crippen LogP contribution is 2.28. The Morgan fingerprint density at radius 2 is 2.17 bits per heavy atom. The number of aliphatic hydroxyl groups is 1. The summed E-state index contributed by atoms with van der Waals surface area (Å²) in [5.41, 5.74) is 3.68. The van der Waals surface area contributed by atoms with Gasteiger partial charge in [-0.25, -0.2) is 4.79 Å². The van der Waals surface area contributed by atoms with Crippen molar-refractivity contribution in [2.45, 2.75) is 52.1 Å². The first-order valence-corrected chi connectivity index (χ1v) is 8.48. The van der Waals surface area contributed by atoms with Crippen molar-refractivity contribution in [2.75, 3.05) is 13.2 Å². The monoisotopic (exact) mass is 315 g/mol. The predicted molar refractivity (Wildman–Crippen MR) is 91.7 cm³/mol. The van der Waals surface area contributed by atoms with Crippen LogP contribution in [-0.2, 0) is 6.54 Å². The number of benzene rings is 1. The fourth-order valence-corrected chi connectivity index (χ4v) is 3.63. The highest BCUT2D eigenvalue weighted by molar-refractivity contribution is 5.83. The summed E-state index contributed by atoms with van der Waals surface area (Å²) < 4.78 is 5.46. The van der Waals surface area contributed by atoms with Gasteiger partial charge in [-0.2, -0.15) is 0 Å². The Bertz CT molecular complexity index is 750. The zero-order chi connectivity index (χ0) is 16.4. The van der Waals surface area contributed by atoms with Crippen molar-refractivity contribution >= 4 is 11.0 Å². The van der Waals surface area contributed by atoms with Crippen LogP contribution in [0, 0.1) is 13.8 Å². The van der Waals surface area contributed by atoms with Gasteiger partial charge in [0.15, 0.2) is 0 Å². The van der Waals surface area contributed by atoms with Gasteiger partial charge in [0.2, 0.25) is 0 Å². The molecule has 1 aliphatic rings. The molecule has 1 aliphatic heterocycles. The van der Waals surface area contributed by atoms with Gasteiger partial charge in [-0.15, -0.1) is 0 Å². The Morgan fingerprint density at radius 1 is 1.35 bits per heavy atom. The van der Waals surface area contributed by atoms with E-state index in [1.165, 1.54) is 12.8 Å². The third-order valence-electron chi connectivity index (χ3n) is 5.09. The highest BCUT2D eigenvalue weighted by atomic mass is 16.4. The predicted octanol–water partition coefficient (Wildman–Crippen LogP) is 3.15. The van der Waals surface area contributed by atoms with Gasteiger partial charge in [0.05, 0.1) is 0 Å². The van der Waals surface area contributed by atoms with Crippen LogP contribution < -0.4 is 5.63 Å². The zero-order valence-corrected chi connectivity index (χ0v) is 14.0. The van der Waals surface area contributed by atoms with Crippen molar-refractivity contribution in [1.29, 1.82) is 0 Å². The largest absolute Gasteiger partial charge is 0.422 e. The summed E-state index contributed by atoms with van der Waals surface area (Å²) in [6.07, 6.45) is 4.23. The molecule has 0 aliphatic carbocycles. The molecule has 0 radical (unpaired) electrons. The third kappa shape index (κ3) is 3.33. The van der Waals surface area contributed by atoms with E-state index in [9.17, 15) is 4.79 Å². The molecule has 4 nitrogen and oxygen atoms in total. The Balaban J connectivity index is 1.93. The molecular weight excluding hydrogens is 290 g/mol. The minimum absolute atomic E-state index is 0.251. The van der Waals surface area contributed by atoms with E-state index in [0.29, 0.717) is 6.04 Å². The first-order chi connectivity index (χ1) is 11.1. The fraction of sp³-hybridized carbons (Fsp3) is 0.526. The quantitative estimate of drug-likeness (QED) is 0.861. The number of hydrogen-bond acceptors (Lipinski definition) is 4. The molecule has 3 rings (SSSR count). The Morgan fingerprint density at radius 3 is 2.96 bits per heavy atom. The average molecular weight is 315 g/mol. The van der Waals surface area contributed by atoms with Gasteiger partial charge in [-0.3, -0.25) is 4.90 Å². The van der Waals surface area contributed by atoms with Gasteiger partial charge in [-0.1, -0.05) is 12.1 Å². The van der Waals surface area contributed by atoms with Gasteiger partial charge in [0.1, 0.15) is 5.58 Å². The SMILES string of the molecule is Cc1ccc2c(CN3CCCC3CCCO)cc(=O)oc2c1C. The lowest BCUT2D eigenvalue weighted by Gasteiger charge is -2.24. The number of nitrogens with zero attached hydrogens (tertiary/aromatic N) is 1. The molecule has 1 fully saturated rings. The van der Waals surface area contributed by atoms with E-state index in [-0.39, 0.29) is 12.2 Å². The van der Waals surface area contributed by atoms with Crippen molar-refractivity contribution in [1.82, 2.24) is 4.90 Å². The van der Waals surface area contributed by atoms with Gasteiger partial charge in [0.25, 0.3) is 0 Å². The molecule has 2 aromatic rings. The third-order valence-corrected chi connectivity index (χ3v) is 5.09. The second-order valence-corrected chi connectivity index (χ2v) is 6.61. The van der Waals surface area contributed by atoms with Crippen LogP contribution in [0.3, 0.4) is 0 Å². The maximum absolute atomic E-state index is 12.0. The number of aliphatic hydroxyl groups excluding tert-OH is 1. The van der Waals surface area contributed by atoms with E-state index in [2.05, 4.69) is 17.0 Å². The zero-order valence-electron chi connectivity index (χ0n) is 14.0. The number of aryl methyl sites for hydroxylation is 2. The standard InChI is InChI=1S/C19H25NO3/c1-13-7-8-17-15(11-18(22)23-19(17)14(13)2)12-20-9-3-5-16(20)6-4-10-21/h7-8,11,16,21H,3-6,9-10,12H2,1-2H3. The maximum atomic E-state index is 12.0. The van der Waals surface area contributed by atoms with E-state index < -0.39 is 0 Å². The molecule has 4 heteroatoms. The highest BCUT2D eigenvalue weighted by Gasteiger charge is 2.25. The van der Waals surface area contributed by atoms with Crippen LogP contribution in [-0.4, -0.2) is 29.2 Å². The molecule has 124 valence electrons. The number of rotatable bonds is 5. The second-order valence-electron chi connectivity index (χ2n) is 6.61. The Kier molecular flexibility index (Phi) is 4.83. The first kappa shape index (κ1) is 16.2. The van der Waals surface area contributed by atoms with Crippen molar-refractivity contribution in [3.8, 4) is 0 Å². The van der Waals surface area contributed by atoms with Gasteiger partial charge < -0.3 is 9.52 Å². The van der Waals surface area contributed by atoms with Crippen molar-refractivity contribution in [3.63, 3.8) is 0 Å². The summed E-state index contributed by atoms with van der Waals surface area (Å²) in [5.74, 6) is 0. The smallest absolute Gasteiger partial charge is 0.336 e. The summed E-state index contributed by atoms with van der Waals surface area (Å²) in [6.45, 7) is 6.13. The minimum Gasteiger partial charge on any atom is -0.422 e. The summed E-state index contributed by atoms with van der Waals surface area (Å²) in [7, 11) is 0. The van der Waals surface area contributed by atoms with Gasteiger partial charge in [0, 0.05) is 30.6 Å². The molecule has 1 atom stereocenters. The van der Waals surface area contributed by atoms with E-state index in [0.717, 1.165) is 53.6 Å². The normalized spacial score (nSPS) is 18.8. The van der Waals surface area contributed by atoms with Crippen LogP contribution in [0.25, 0.3) is 11.0 Å². The van der Waals surface area contributed by atoms with Crippen LogP contribution in [0.5, 0.6) is 0 Å². The molecule has 2 heterocycles. The number of fused-ring (bicyclic) bond motifs is 1. The molecule has 1 unspecified atom stereocenters. The topological polar surface area (TPSA) is 53.7 Å². The second kappa shape index (κ2) is 6.85. The molecular formula is C19H25NO3. The van der Waals surface area contributed by atoms with Gasteiger partial charge in [-0.05, 0) is 62.8 Å². The molecule has 0 amide bonds. The van der Waals surface area contributed by atoms with Crippen LogP contribution in [0.4, 0.5) is 0 Å².